The van der Waals surface area contributed by atoms with Crippen LogP contribution in [-0.2, 0) is 16.0 Å². The van der Waals surface area contributed by atoms with Crippen LogP contribution in [0, 0.1) is 11.3 Å². The van der Waals surface area contributed by atoms with Crippen molar-refractivity contribution in [2.45, 2.75) is 51.6 Å². The number of ether oxygens (including phenoxy) is 1. The van der Waals surface area contributed by atoms with Gasteiger partial charge in [0.1, 0.15) is 0 Å². The topological polar surface area (TPSA) is 70.4 Å². The van der Waals surface area contributed by atoms with Crippen molar-refractivity contribution in [1.29, 1.82) is 5.26 Å². The molecular formula is C18H22N2O3. The van der Waals surface area contributed by atoms with Gasteiger partial charge in [0.2, 0.25) is 0 Å². The van der Waals surface area contributed by atoms with Crippen LogP contribution in [0.15, 0.2) is 24.3 Å². The SMILES string of the molecule is CC1CCCC(C)N1C(=O)COC(=O)c1ccccc1CC#N. The number of esters is 1. The monoisotopic (exact) mass is 314 g/mol. The Kier molecular flexibility index (Phi) is 5.75. The highest BCUT2D eigenvalue weighted by Gasteiger charge is 2.29. The molecular weight excluding hydrogens is 292 g/mol. The van der Waals surface area contributed by atoms with E-state index in [1.807, 2.05) is 24.8 Å². The van der Waals surface area contributed by atoms with Gasteiger partial charge in [-0.1, -0.05) is 18.2 Å². The lowest BCUT2D eigenvalue weighted by Gasteiger charge is -2.38. The largest absolute Gasteiger partial charge is 0.452 e. The summed E-state index contributed by atoms with van der Waals surface area (Å²) in [5.41, 5.74) is 0.966. The Bertz CT molecular complexity index is 611. The van der Waals surface area contributed by atoms with Gasteiger partial charge < -0.3 is 9.64 Å². The normalized spacial score (nSPS) is 20.7. The zero-order valence-corrected chi connectivity index (χ0v) is 13.6. The molecule has 1 fully saturated rings. The van der Waals surface area contributed by atoms with E-state index >= 15 is 0 Å². The lowest BCUT2D eigenvalue weighted by molar-refractivity contribution is -0.140. The third-order valence-corrected chi connectivity index (χ3v) is 4.32. The van der Waals surface area contributed by atoms with E-state index in [0.717, 1.165) is 19.3 Å². The van der Waals surface area contributed by atoms with E-state index in [1.165, 1.54) is 0 Å². The van der Waals surface area contributed by atoms with E-state index < -0.39 is 5.97 Å². The summed E-state index contributed by atoms with van der Waals surface area (Å²) in [7, 11) is 0. The first-order valence-corrected chi connectivity index (χ1v) is 7.97. The Labute approximate surface area is 136 Å². The number of nitrogens with zero attached hydrogens (tertiary/aromatic N) is 2. The van der Waals surface area contributed by atoms with Crippen LogP contribution >= 0.6 is 0 Å². The first-order valence-electron chi connectivity index (χ1n) is 7.97. The summed E-state index contributed by atoms with van der Waals surface area (Å²) in [4.78, 5) is 26.4. The van der Waals surface area contributed by atoms with Crippen LogP contribution in [0.25, 0.3) is 0 Å². The summed E-state index contributed by atoms with van der Waals surface area (Å²) >= 11 is 0. The molecule has 1 aromatic rings. The Morgan fingerprint density at radius 1 is 1.26 bits per heavy atom. The van der Waals surface area contributed by atoms with Crippen molar-refractivity contribution in [3.8, 4) is 6.07 Å². The van der Waals surface area contributed by atoms with Crippen LogP contribution in [0.2, 0.25) is 0 Å². The number of benzene rings is 1. The highest BCUT2D eigenvalue weighted by atomic mass is 16.5. The molecule has 1 aromatic carbocycles. The Balaban J connectivity index is 1.99. The van der Waals surface area contributed by atoms with Gasteiger partial charge in [0, 0.05) is 12.1 Å². The van der Waals surface area contributed by atoms with Gasteiger partial charge in [0.15, 0.2) is 6.61 Å². The Hall–Kier alpha value is -2.35. The van der Waals surface area contributed by atoms with Crippen LogP contribution in [0.5, 0.6) is 0 Å². The molecule has 1 heterocycles. The smallest absolute Gasteiger partial charge is 0.338 e. The van der Waals surface area contributed by atoms with Crippen molar-refractivity contribution in [3.63, 3.8) is 0 Å². The van der Waals surface area contributed by atoms with E-state index in [1.54, 1.807) is 24.3 Å². The second-order valence-electron chi connectivity index (χ2n) is 6.00. The van der Waals surface area contributed by atoms with Gasteiger partial charge in [-0.15, -0.1) is 0 Å². The second kappa shape index (κ2) is 7.77. The molecule has 1 amide bonds. The molecule has 2 unspecified atom stereocenters. The van der Waals surface area contributed by atoms with Crippen molar-refractivity contribution in [2.24, 2.45) is 0 Å². The van der Waals surface area contributed by atoms with Gasteiger partial charge in [0.05, 0.1) is 18.1 Å². The molecule has 2 atom stereocenters. The van der Waals surface area contributed by atoms with Crippen molar-refractivity contribution >= 4 is 11.9 Å². The third-order valence-electron chi connectivity index (χ3n) is 4.32. The quantitative estimate of drug-likeness (QED) is 0.801. The Morgan fingerprint density at radius 3 is 2.57 bits per heavy atom. The number of nitriles is 1. The third kappa shape index (κ3) is 4.10. The molecule has 0 saturated carbocycles. The van der Waals surface area contributed by atoms with Crippen molar-refractivity contribution in [1.82, 2.24) is 4.90 Å². The maximum atomic E-state index is 12.4. The number of carbonyl (C=O) groups excluding carboxylic acids is 2. The molecule has 0 bridgehead atoms. The summed E-state index contributed by atoms with van der Waals surface area (Å²) in [5, 5.41) is 8.81. The number of hydrogen-bond acceptors (Lipinski definition) is 4. The number of carbonyl (C=O) groups is 2. The predicted octanol–water partition coefficient (Wildman–Crippen LogP) is 2.70. The molecule has 2 rings (SSSR count). The molecule has 0 aliphatic carbocycles. The van der Waals surface area contributed by atoms with E-state index in [9.17, 15) is 9.59 Å². The van der Waals surface area contributed by atoms with Crippen LogP contribution < -0.4 is 0 Å². The molecule has 23 heavy (non-hydrogen) atoms. The highest BCUT2D eigenvalue weighted by Crippen LogP contribution is 2.22. The summed E-state index contributed by atoms with van der Waals surface area (Å²) < 4.78 is 5.19. The molecule has 0 spiro atoms. The summed E-state index contributed by atoms with van der Waals surface area (Å²) in [5.74, 6) is -0.711. The standard InChI is InChI=1S/C18H22N2O3/c1-13-6-5-7-14(2)20(13)17(21)12-23-18(22)16-9-4-3-8-15(16)10-11-19/h3-4,8-9,13-14H,5-7,10,12H2,1-2H3. The van der Waals surface area contributed by atoms with E-state index in [4.69, 9.17) is 10.00 Å². The molecule has 1 aliphatic heterocycles. The molecule has 5 heteroatoms. The maximum Gasteiger partial charge on any atom is 0.338 e. The minimum Gasteiger partial charge on any atom is -0.452 e. The van der Waals surface area contributed by atoms with Crippen LogP contribution in [0.1, 0.15) is 49.0 Å². The van der Waals surface area contributed by atoms with E-state index in [0.29, 0.717) is 11.1 Å². The summed E-state index contributed by atoms with van der Waals surface area (Å²) in [6, 6.07) is 9.20. The fourth-order valence-corrected chi connectivity index (χ4v) is 3.15. The average molecular weight is 314 g/mol. The van der Waals surface area contributed by atoms with Gasteiger partial charge in [-0.2, -0.15) is 5.26 Å². The van der Waals surface area contributed by atoms with Crippen molar-refractivity contribution in [3.05, 3.63) is 35.4 Å². The predicted molar refractivity (Wildman–Crippen MR) is 85.7 cm³/mol. The summed E-state index contributed by atoms with van der Waals surface area (Å²) in [6.45, 7) is 3.80. The number of amides is 1. The van der Waals surface area contributed by atoms with Crippen molar-refractivity contribution < 1.29 is 14.3 Å². The van der Waals surface area contributed by atoms with Gasteiger partial charge >= 0.3 is 5.97 Å². The maximum absolute atomic E-state index is 12.4. The number of hydrogen-bond donors (Lipinski definition) is 0. The summed E-state index contributed by atoms with van der Waals surface area (Å²) in [6.07, 6.45) is 3.22. The molecule has 122 valence electrons. The van der Waals surface area contributed by atoms with Crippen LogP contribution in [-0.4, -0.2) is 35.5 Å². The molecule has 1 saturated heterocycles. The Morgan fingerprint density at radius 2 is 1.91 bits per heavy atom. The van der Waals surface area contributed by atoms with E-state index in [2.05, 4.69) is 0 Å². The second-order valence-corrected chi connectivity index (χ2v) is 6.00. The average Bonchev–Trinajstić information content (AvgIpc) is 2.53. The molecule has 0 radical (unpaired) electrons. The zero-order valence-electron chi connectivity index (χ0n) is 13.6. The first kappa shape index (κ1) is 17.0. The fourth-order valence-electron chi connectivity index (χ4n) is 3.15. The zero-order chi connectivity index (χ0) is 16.8. The van der Waals surface area contributed by atoms with Gasteiger partial charge in [-0.05, 0) is 44.7 Å². The van der Waals surface area contributed by atoms with Gasteiger partial charge in [-0.25, -0.2) is 4.79 Å². The first-order chi connectivity index (χ1) is 11.0. The molecule has 0 aromatic heterocycles. The molecule has 0 N–H and O–H groups in total. The van der Waals surface area contributed by atoms with Gasteiger partial charge in [0.25, 0.3) is 5.91 Å². The fraction of sp³-hybridized carbons (Fsp3) is 0.500. The number of piperidine rings is 1. The van der Waals surface area contributed by atoms with Crippen molar-refractivity contribution in [2.75, 3.05) is 6.61 Å². The van der Waals surface area contributed by atoms with Gasteiger partial charge in [-0.3, -0.25) is 4.79 Å². The number of likely N-dealkylation sites (tertiary alicyclic amines) is 1. The minimum absolute atomic E-state index is 0.138. The van der Waals surface area contributed by atoms with E-state index in [-0.39, 0.29) is 31.0 Å². The highest BCUT2D eigenvalue weighted by molar-refractivity contribution is 5.92. The minimum atomic E-state index is -0.554. The molecule has 5 nitrogen and oxygen atoms in total. The van der Waals surface area contributed by atoms with Crippen LogP contribution in [0.3, 0.4) is 0 Å². The van der Waals surface area contributed by atoms with Crippen LogP contribution in [0.4, 0.5) is 0 Å². The lowest BCUT2D eigenvalue weighted by atomic mass is 9.97. The molecule has 1 aliphatic rings. The lowest BCUT2D eigenvalue weighted by Crippen LogP contribution is -2.49. The number of rotatable bonds is 4.